The molecule has 1 rings (SSSR count). The lowest BCUT2D eigenvalue weighted by molar-refractivity contribution is -0.131. The molecule has 0 bridgehead atoms. The number of hydrogen-bond acceptors (Lipinski definition) is 2. The fraction of sp³-hybridized carbons (Fsp3) is 0.471. The maximum atomic E-state index is 10.7. The van der Waals surface area contributed by atoms with Crippen LogP contribution < -0.4 is 5.73 Å². The van der Waals surface area contributed by atoms with Gasteiger partial charge in [-0.1, -0.05) is 45.6 Å². The summed E-state index contributed by atoms with van der Waals surface area (Å²) in [6.45, 7) is 4.41. The lowest BCUT2D eigenvalue weighted by Crippen LogP contribution is -2.05. The monoisotopic (exact) mass is 275 g/mol. The van der Waals surface area contributed by atoms with Crippen molar-refractivity contribution >= 4 is 17.7 Å². The largest absolute Gasteiger partial charge is 0.478 e. The van der Waals surface area contributed by atoms with E-state index >= 15 is 0 Å². The molecule has 0 aliphatic rings. The van der Waals surface area contributed by atoms with E-state index in [1.54, 1.807) is 6.08 Å². The van der Waals surface area contributed by atoms with Crippen LogP contribution in [0.5, 0.6) is 0 Å². The Morgan fingerprint density at radius 1 is 1.40 bits per heavy atom. The minimum absolute atomic E-state index is 0.633. The van der Waals surface area contributed by atoms with Gasteiger partial charge in [-0.2, -0.15) is 0 Å². The van der Waals surface area contributed by atoms with Crippen LogP contribution >= 0.6 is 0 Å². The summed E-state index contributed by atoms with van der Waals surface area (Å²) in [6.07, 6.45) is 8.59. The highest BCUT2D eigenvalue weighted by Gasteiger charge is 2.10. The van der Waals surface area contributed by atoms with Gasteiger partial charge in [-0.05, 0) is 41.7 Å². The average Bonchev–Trinajstić information content (AvgIpc) is 2.42. The zero-order chi connectivity index (χ0) is 15.0. The van der Waals surface area contributed by atoms with Crippen LogP contribution in [0.4, 0.5) is 5.69 Å². The van der Waals surface area contributed by atoms with Gasteiger partial charge in [0.1, 0.15) is 0 Å². The number of carbonyl (C=O) groups is 1. The minimum atomic E-state index is -0.925. The summed E-state index contributed by atoms with van der Waals surface area (Å²) in [5.74, 6) is -0.292. The molecule has 3 N–H and O–H groups in total. The lowest BCUT2D eigenvalue weighted by atomic mass is 9.89. The summed E-state index contributed by atoms with van der Waals surface area (Å²) in [4.78, 5) is 10.7. The molecule has 0 aromatic heterocycles. The van der Waals surface area contributed by atoms with Crippen LogP contribution in [0.25, 0.3) is 6.08 Å². The first kappa shape index (κ1) is 16.3. The molecule has 1 aromatic carbocycles. The zero-order valence-corrected chi connectivity index (χ0v) is 12.4. The molecule has 0 saturated heterocycles. The summed E-state index contributed by atoms with van der Waals surface area (Å²) in [5.41, 5.74) is 8.69. The van der Waals surface area contributed by atoms with E-state index < -0.39 is 5.97 Å². The molecule has 1 unspecified atom stereocenters. The van der Waals surface area contributed by atoms with Crippen LogP contribution in [0.2, 0.25) is 0 Å². The van der Waals surface area contributed by atoms with Crippen LogP contribution in [0, 0.1) is 5.92 Å². The number of carboxylic acids is 1. The van der Waals surface area contributed by atoms with E-state index in [4.69, 9.17) is 10.8 Å². The second-order valence-corrected chi connectivity index (χ2v) is 5.25. The summed E-state index contributed by atoms with van der Waals surface area (Å²) in [6, 6.07) is 5.69. The van der Waals surface area contributed by atoms with Crippen molar-refractivity contribution in [2.75, 3.05) is 5.73 Å². The Hall–Kier alpha value is -1.77. The quantitative estimate of drug-likeness (QED) is 0.554. The highest BCUT2D eigenvalue weighted by atomic mass is 16.4. The van der Waals surface area contributed by atoms with E-state index in [-0.39, 0.29) is 0 Å². The summed E-state index contributed by atoms with van der Waals surface area (Å²) < 4.78 is 0. The van der Waals surface area contributed by atoms with E-state index in [2.05, 4.69) is 13.8 Å². The molecule has 3 nitrogen and oxygen atoms in total. The third-order valence-electron chi connectivity index (χ3n) is 3.62. The third-order valence-corrected chi connectivity index (χ3v) is 3.62. The Balaban J connectivity index is 2.90. The minimum Gasteiger partial charge on any atom is -0.478 e. The van der Waals surface area contributed by atoms with Crippen molar-refractivity contribution < 1.29 is 9.90 Å². The average molecular weight is 275 g/mol. The van der Waals surface area contributed by atoms with Gasteiger partial charge in [-0.25, -0.2) is 4.79 Å². The number of nitrogens with two attached hydrogens (primary N) is 1. The fourth-order valence-corrected chi connectivity index (χ4v) is 2.38. The Kier molecular flexibility index (Phi) is 6.85. The summed E-state index contributed by atoms with van der Waals surface area (Å²) >= 11 is 0. The Morgan fingerprint density at radius 3 is 2.75 bits per heavy atom. The van der Waals surface area contributed by atoms with Crippen molar-refractivity contribution in [3.05, 3.63) is 35.4 Å². The van der Waals surface area contributed by atoms with E-state index in [0.717, 1.165) is 29.7 Å². The normalized spacial score (nSPS) is 12.7. The number of carboxylic acid groups (broad SMARTS) is 1. The predicted molar refractivity (Wildman–Crippen MR) is 84.5 cm³/mol. The van der Waals surface area contributed by atoms with Crippen LogP contribution in [-0.4, -0.2) is 11.1 Å². The van der Waals surface area contributed by atoms with Crippen molar-refractivity contribution in [3.8, 4) is 0 Å². The van der Waals surface area contributed by atoms with Gasteiger partial charge in [-0.3, -0.25) is 0 Å². The lowest BCUT2D eigenvalue weighted by Gasteiger charge is -2.16. The smallest absolute Gasteiger partial charge is 0.328 e. The number of rotatable bonds is 8. The summed E-state index contributed by atoms with van der Waals surface area (Å²) in [5, 5.41) is 8.75. The van der Waals surface area contributed by atoms with Crippen molar-refractivity contribution in [1.82, 2.24) is 0 Å². The predicted octanol–water partition coefficient (Wildman–Crippen LogP) is 4.13. The number of unbranched alkanes of at least 4 members (excludes halogenated alkanes) is 1. The Morgan fingerprint density at radius 2 is 2.15 bits per heavy atom. The summed E-state index contributed by atoms with van der Waals surface area (Å²) in [7, 11) is 0. The van der Waals surface area contributed by atoms with Crippen molar-refractivity contribution in [1.29, 1.82) is 0 Å². The van der Waals surface area contributed by atoms with Gasteiger partial charge in [0.05, 0.1) is 0 Å². The molecule has 20 heavy (non-hydrogen) atoms. The van der Waals surface area contributed by atoms with Gasteiger partial charge in [0.15, 0.2) is 0 Å². The third kappa shape index (κ3) is 5.47. The van der Waals surface area contributed by atoms with Gasteiger partial charge < -0.3 is 10.8 Å². The van der Waals surface area contributed by atoms with Crippen molar-refractivity contribution in [2.45, 2.75) is 46.0 Å². The number of anilines is 1. The fourth-order valence-electron chi connectivity index (χ4n) is 2.38. The first-order valence-electron chi connectivity index (χ1n) is 7.36. The molecule has 0 spiro atoms. The zero-order valence-electron chi connectivity index (χ0n) is 12.4. The van der Waals surface area contributed by atoms with Gasteiger partial charge in [0, 0.05) is 11.8 Å². The molecule has 110 valence electrons. The van der Waals surface area contributed by atoms with Gasteiger partial charge >= 0.3 is 5.97 Å². The number of aliphatic carboxylic acids is 1. The highest BCUT2D eigenvalue weighted by Crippen LogP contribution is 2.23. The van der Waals surface area contributed by atoms with Crippen molar-refractivity contribution in [3.63, 3.8) is 0 Å². The standard InChI is InChI=1S/C17H25NO2/c1-3-5-6-13(4-2)11-15-12-16(18)9-7-14(15)8-10-17(19)20/h7-10,12-13H,3-6,11,18H2,1-2H3,(H,19,20). The highest BCUT2D eigenvalue weighted by molar-refractivity contribution is 5.85. The molecule has 0 fully saturated rings. The first-order valence-corrected chi connectivity index (χ1v) is 7.36. The number of benzene rings is 1. The second kappa shape index (κ2) is 8.41. The van der Waals surface area contributed by atoms with E-state index in [9.17, 15) is 4.79 Å². The van der Waals surface area contributed by atoms with Crippen LogP contribution in [-0.2, 0) is 11.2 Å². The second-order valence-electron chi connectivity index (χ2n) is 5.25. The molecular formula is C17H25NO2. The van der Waals surface area contributed by atoms with Crippen LogP contribution in [0.3, 0.4) is 0 Å². The van der Waals surface area contributed by atoms with Gasteiger partial charge in [0.25, 0.3) is 0 Å². The first-order chi connectivity index (χ1) is 9.56. The van der Waals surface area contributed by atoms with Gasteiger partial charge in [0.2, 0.25) is 0 Å². The number of hydrogen-bond donors (Lipinski definition) is 2. The SMILES string of the molecule is CCCCC(CC)Cc1cc(N)ccc1C=CC(=O)O. The van der Waals surface area contributed by atoms with E-state index in [0.29, 0.717) is 5.92 Å². The molecule has 0 aliphatic carbocycles. The molecule has 0 aliphatic heterocycles. The van der Waals surface area contributed by atoms with Crippen molar-refractivity contribution in [2.24, 2.45) is 5.92 Å². The molecule has 1 aromatic rings. The van der Waals surface area contributed by atoms with Gasteiger partial charge in [-0.15, -0.1) is 0 Å². The molecule has 0 saturated carbocycles. The van der Waals surface area contributed by atoms with Crippen LogP contribution in [0.15, 0.2) is 24.3 Å². The van der Waals surface area contributed by atoms with E-state index in [1.165, 1.54) is 25.3 Å². The topological polar surface area (TPSA) is 63.3 Å². The number of nitrogen functional groups attached to an aromatic ring is 1. The maximum absolute atomic E-state index is 10.7. The Bertz CT molecular complexity index is 466. The maximum Gasteiger partial charge on any atom is 0.328 e. The molecule has 0 heterocycles. The molecule has 3 heteroatoms. The molecule has 0 radical (unpaired) electrons. The molecule has 1 atom stereocenters. The Labute approximate surface area is 121 Å². The van der Waals surface area contributed by atoms with E-state index in [1.807, 2.05) is 18.2 Å². The van der Waals surface area contributed by atoms with Crippen LogP contribution in [0.1, 0.15) is 50.7 Å². The molecule has 0 amide bonds. The molecular weight excluding hydrogens is 250 g/mol.